The Kier molecular flexibility index (Phi) is 8.23. The summed E-state index contributed by atoms with van der Waals surface area (Å²) in [6.07, 6.45) is 8.49. The van der Waals surface area contributed by atoms with Crippen LogP contribution < -0.4 is 10.2 Å². The molecule has 3 aromatic rings. The number of aryl methyl sites for hydroxylation is 1. The zero-order chi connectivity index (χ0) is 17.9. The Morgan fingerprint density at radius 2 is 1.71 bits per heavy atom. The molecule has 3 nitrogen and oxygen atoms in total. The fourth-order valence-corrected chi connectivity index (χ4v) is 4.20. The lowest BCUT2D eigenvalue weighted by Crippen LogP contribution is -2.17. The van der Waals surface area contributed by atoms with Crippen LogP contribution in [0.1, 0.15) is 35.2 Å². The van der Waals surface area contributed by atoms with Crippen molar-refractivity contribution < 1.29 is 0 Å². The SMILES string of the molecule is CN(C)c1ccc(CNCCc2c3c(n4ccccc24)CCCC3)cc1.Cl.Cl. The van der Waals surface area contributed by atoms with E-state index < -0.39 is 0 Å². The van der Waals surface area contributed by atoms with Gasteiger partial charge in [-0.2, -0.15) is 0 Å². The van der Waals surface area contributed by atoms with Crippen LogP contribution in [-0.2, 0) is 25.8 Å². The van der Waals surface area contributed by atoms with E-state index in [1.807, 2.05) is 0 Å². The highest BCUT2D eigenvalue weighted by Crippen LogP contribution is 2.30. The van der Waals surface area contributed by atoms with Crippen LogP contribution in [0.4, 0.5) is 5.69 Å². The van der Waals surface area contributed by atoms with Gasteiger partial charge in [-0.1, -0.05) is 18.2 Å². The summed E-state index contributed by atoms with van der Waals surface area (Å²) in [6.45, 7) is 1.96. The molecule has 1 aliphatic rings. The molecule has 4 rings (SSSR count). The van der Waals surface area contributed by atoms with Crippen molar-refractivity contribution in [2.24, 2.45) is 0 Å². The summed E-state index contributed by atoms with van der Waals surface area (Å²) in [4.78, 5) is 2.14. The van der Waals surface area contributed by atoms with Gasteiger partial charge in [0.2, 0.25) is 0 Å². The number of benzene rings is 1. The molecular formula is C23H31Cl2N3. The van der Waals surface area contributed by atoms with Gasteiger partial charge >= 0.3 is 0 Å². The van der Waals surface area contributed by atoms with Crippen LogP contribution >= 0.6 is 24.8 Å². The number of aromatic nitrogens is 1. The minimum absolute atomic E-state index is 0. The Hall–Kier alpha value is -1.68. The van der Waals surface area contributed by atoms with Gasteiger partial charge in [0.15, 0.2) is 0 Å². The van der Waals surface area contributed by atoms with Crippen LogP contribution in [0.2, 0.25) is 0 Å². The van der Waals surface area contributed by atoms with E-state index in [0.717, 1.165) is 19.5 Å². The van der Waals surface area contributed by atoms with Gasteiger partial charge in [0.25, 0.3) is 0 Å². The molecule has 152 valence electrons. The summed E-state index contributed by atoms with van der Waals surface area (Å²) >= 11 is 0. The largest absolute Gasteiger partial charge is 0.378 e. The van der Waals surface area contributed by atoms with Crippen LogP contribution in [-0.4, -0.2) is 25.0 Å². The Morgan fingerprint density at radius 1 is 0.964 bits per heavy atom. The van der Waals surface area contributed by atoms with E-state index in [-0.39, 0.29) is 24.8 Å². The maximum atomic E-state index is 3.64. The Labute approximate surface area is 181 Å². The fourth-order valence-electron chi connectivity index (χ4n) is 4.20. The summed E-state index contributed by atoms with van der Waals surface area (Å²) in [5, 5.41) is 3.64. The van der Waals surface area contributed by atoms with E-state index in [4.69, 9.17) is 0 Å². The summed E-state index contributed by atoms with van der Waals surface area (Å²) in [5.41, 5.74) is 8.76. The first-order valence-electron chi connectivity index (χ1n) is 9.80. The maximum Gasteiger partial charge on any atom is 0.0488 e. The average molecular weight is 420 g/mol. The summed E-state index contributed by atoms with van der Waals surface area (Å²) in [5.74, 6) is 0. The van der Waals surface area contributed by atoms with Gasteiger partial charge in [-0.25, -0.2) is 0 Å². The van der Waals surface area contributed by atoms with E-state index in [1.54, 1.807) is 16.8 Å². The number of fused-ring (bicyclic) bond motifs is 3. The second kappa shape index (κ2) is 10.2. The van der Waals surface area contributed by atoms with Gasteiger partial charge < -0.3 is 14.6 Å². The van der Waals surface area contributed by atoms with Crippen LogP contribution in [0.25, 0.3) is 5.52 Å². The summed E-state index contributed by atoms with van der Waals surface area (Å²) < 4.78 is 2.43. The predicted octanol–water partition coefficient (Wildman–Crippen LogP) is 5.06. The lowest BCUT2D eigenvalue weighted by molar-refractivity contribution is 0.656. The van der Waals surface area contributed by atoms with Crippen molar-refractivity contribution in [1.29, 1.82) is 0 Å². The standard InChI is InChI=1S/C23H29N3.2ClH/c1-25(2)19-12-10-18(11-13-19)17-24-15-14-21-20-7-3-4-8-22(20)26-16-6-5-9-23(21)26;;/h5-6,9-13,16,24H,3-4,7-8,14-15,17H2,1-2H3;2*1H. The van der Waals surface area contributed by atoms with Gasteiger partial charge in [-0.05, 0) is 79.6 Å². The quantitative estimate of drug-likeness (QED) is 0.563. The van der Waals surface area contributed by atoms with Crippen LogP contribution in [0.5, 0.6) is 0 Å². The molecule has 0 fully saturated rings. The molecule has 0 bridgehead atoms. The first-order chi connectivity index (χ1) is 12.7. The Balaban J connectivity index is 0.00000140. The van der Waals surface area contributed by atoms with Crippen molar-refractivity contribution in [3.05, 3.63) is 71.0 Å². The van der Waals surface area contributed by atoms with Crippen molar-refractivity contribution in [3.63, 3.8) is 0 Å². The zero-order valence-electron chi connectivity index (χ0n) is 16.8. The molecule has 1 aromatic carbocycles. The van der Waals surface area contributed by atoms with Gasteiger partial charge in [-0.3, -0.25) is 0 Å². The molecule has 0 amide bonds. The molecule has 0 unspecified atom stereocenters. The van der Waals surface area contributed by atoms with Crippen LogP contribution in [0, 0.1) is 0 Å². The smallest absolute Gasteiger partial charge is 0.0488 e. The van der Waals surface area contributed by atoms with Crippen molar-refractivity contribution >= 4 is 36.0 Å². The highest BCUT2D eigenvalue weighted by atomic mass is 35.5. The molecule has 5 heteroatoms. The number of rotatable bonds is 6. The molecule has 0 saturated heterocycles. The van der Waals surface area contributed by atoms with Gasteiger partial charge in [-0.15, -0.1) is 24.8 Å². The Morgan fingerprint density at radius 3 is 2.46 bits per heavy atom. The average Bonchev–Trinajstić information content (AvgIpc) is 3.00. The van der Waals surface area contributed by atoms with Gasteiger partial charge in [0.1, 0.15) is 0 Å². The maximum absolute atomic E-state index is 3.64. The number of hydrogen-bond acceptors (Lipinski definition) is 2. The molecule has 1 aliphatic carbocycles. The van der Waals surface area contributed by atoms with Gasteiger partial charge in [0.05, 0.1) is 0 Å². The lowest BCUT2D eigenvalue weighted by atomic mass is 9.93. The van der Waals surface area contributed by atoms with Crippen LogP contribution in [0.15, 0.2) is 48.7 Å². The van der Waals surface area contributed by atoms with Crippen molar-refractivity contribution in [1.82, 2.24) is 9.72 Å². The summed E-state index contributed by atoms with van der Waals surface area (Å²) in [7, 11) is 4.16. The number of nitrogens with zero attached hydrogens (tertiary/aromatic N) is 2. The van der Waals surface area contributed by atoms with E-state index in [2.05, 4.69) is 77.4 Å². The number of halogens is 2. The number of pyridine rings is 1. The molecule has 0 aliphatic heterocycles. The predicted molar refractivity (Wildman–Crippen MR) is 125 cm³/mol. The molecule has 0 saturated carbocycles. The molecule has 0 radical (unpaired) electrons. The van der Waals surface area contributed by atoms with E-state index in [9.17, 15) is 0 Å². The number of anilines is 1. The first-order valence-corrected chi connectivity index (χ1v) is 9.80. The van der Waals surface area contributed by atoms with E-state index >= 15 is 0 Å². The highest BCUT2D eigenvalue weighted by Gasteiger charge is 2.19. The minimum atomic E-state index is 0. The normalized spacial score (nSPS) is 12.8. The van der Waals surface area contributed by atoms with E-state index in [1.165, 1.54) is 42.5 Å². The first kappa shape index (κ1) is 22.6. The number of nitrogens with one attached hydrogen (secondary N) is 1. The molecule has 2 aromatic heterocycles. The molecular weight excluding hydrogens is 389 g/mol. The molecule has 1 N–H and O–H groups in total. The lowest BCUT2D eigenvalue weighted by Gasteiger charge is -2.14. The third-order valence-corrected chi connectivity index (χ3v) is 5.60. The second-order valence-corrected chi connectivity index (χ2v) is 7.55. The topological polar surface area (TPSA) is 19.7 Å². The number of hydrogen-bond donors (Lipinski definition) is 1. The highest BCUT2D eigenvalue weighted by molar-refractivity contribution is 5.85. The molecule has 28 heavy (non-hydrogen) atoms. The zero-order valence-corrected chi connectivity index (χ0v) is 18.4. The van der Waals surface area contributed by atoms with Crippen LogP contribution in [0.3, 0.4) is 0 Å². The molecule has 2 heterocycles. The third kappa shape index (κ3) is 4.65. The van der Waals surface area contributed by atoms with Crippen molar-refractivity contribution in [2.45, 2.75) is 38.6 Å². The second-order valence-electron chi connectivity index (χ2n) is 7.55. The molecule has 0 spiro atoms. The summed E-state index contributed by atoms with van der Waals surface area (Å²) in [6, 6.07) is 15.4. The monoisotopic (exact) mass is 419 g/mol. The molecule has 0 atom stereocenters. The van der Waals surface area contributed by atoms with Gasteiger partial charge in [0, 0.05) is 43.7 Å². The third-order valence-electron chi connectivity index (χ3n) is 5.60. The van der Waals surface area contributed by atoms with E-state index in [0.29, 0.717) is 0 Å². The minimum Gasteiger partial charge on any atom is -0.378 e. The fraction of sp³-hybridized carbons (Fsp3) is 0.391. The van der Waals surface area contributed by atoms with Crippen molar-refractivity contribution in [3.8, 4) is 0 Å². The Bertz CT molecular complexity index is 885. The van der Waals surface area contributed by atoms with Crippen molar-refractivity contribution in [2.75, 3.05) is 25.5 Å².